The average Bonchev–Trinajstić information content (AvgIpc) is 3.00. The molecule has 0 aliphatic carbocycles. The van der Waals surface area contributed by atoms with Crippen molar-refractivity contribution in [3.05, 3.63) is 109 Å². The van der Waals surface area contributed by atoms with Crippen LogP contribution in [0.4, 0.5) is 0 Å². The molecule has 0 aliphatic rings. The Morgan fingerprint density at radius 2 is 0.886 bits per heavy atom. The molecule has 0 saturated carbocycles. The number of aliphatic carboxylic acids is 2. The van der Waals surface area contributed by atoms with Gasteiger partial charge in [-0.3, -0.25) is 4.79 Å². The van der Waals surface area contributed by atoms with E-state index in [9.17, 15) is 9.59 Å². The van der Waals surface area contributed by atoms with Gasteiger partial charge in [-0.1, -0.05) is 169 Å². The van der Waals surface area contributed by atoms with E-state index in [2.05, 4.69) is 80.7 Å². The minimum Gasteiger partial charge on any atom is -0.481 e. The van der Waals surface area contributed by atoms with Crippen molar-refractivity contribution in [3.8, 4) is 0 Å². The van der Waals surface area contributed by atoms with Gasteiger partial charge in [-0.2, -0.15) is 0 Å². The van der Waals surface area contributed by atoms with Gasteiger partial charge in [-0.05, 0) is 57.8 Å². The van der Waals surface area contributed by atoms with Crippen LogP contribution in [-0.2, 0) is 9.59 Å². The number of allylic oxidation sites excluding steroid dienone is 17. The second-order valence-corrected chi connectivity index (χ2v) is 10.5. The first-order chi connectivity index (χ1) is 21.5. The molecule has 0 aromatic carbocycles. The molecule has 0 rings (SSSR count). The lowest BCUT2D eigenvalue weighted by Crippen LogP contribution is -1.91. The zero-order valence-electron chi connectivity index (χ0n) is 27.8. The summed E-state index contributed by atoms with van der Waals surface area (Å²) in [6, 6.07) is 0. The first kappa shape index (κ1) is 42.7. The van der Waals surface area contributed by atoms with E-state index in [1.54, 1.807) is 6.08 Å². The van der Waals surface area contributed by atoms with Gasteiger partial charge in [0.1, 0.15) is 0 Å². The van der Waals surface area contributed by atoms with Crippen LogP contribution in [0.3, 0.4) is 0 Å². The lowest BCUT2D eigenvalue weighted by Gasteiger charge is -2.00. The third-order valence-corrected chi connectivity index (χ3v) is 6.30. The fraction of sp³-hybridized carbons (Fsp3) is 0.500. The SMILES string of the molecule is CC/C=C\C/C=C\C/C=C\C/C=C\C/C=C\C/C=C\CCC(=O)O.CCCCCCCCCCC/C=C/C=C/C=C/C(=O)O. The Morgan fingerprint density at radius 1 is 0.455 bits per heavy atom. The molecule has 0 aromatic rings. The molecule has 44 heavy (non-hydrogen) atoms. The van der Waals surface area contributed by atoms with Crippen LogP contribution in [0.1, 0.15) is 129 Å². The molecule has 0 unspecified atom stereocenters. The summed E-state index contributed by atoms with van der Waals surface area (Å²) in [7, 11) is 0. The van der Waals surface area contributed by atoms with Gasteiger partial charge in [-0.15, -0.1) is 0 Å². The minimum absolute atomic E-state index is 0.210. The Balaban J connectivity index is 0. The lowest BCUT2D eigenvalue weighted by atomic mass is 10.1. The number of carboxylic acids is 2. The summed E-state index contributed by atoms with van der Waals surface area (Å²) >= 11 is 0. The summed E-state index contributed by atoms with van der Waals surface area (Å²) in [6.07, 6.45) is 56.2. The molecule has 0 amide bonds. The summed E-state index contributed by atoms with van der Waals surface area (Å²) in [4.78, 5) is 20.5. The maximum Gasteiger partial charge on any atom is 0.328 e. The minimum atomic E-state index is -0.909. The zero-order chi connectivity index (χ0) is 32.6. The molecule has 4 nitrogen and oxygen atoms in total. The average molecular weight is 607 g/mol. The van der Waals surface area contributed by atoms with E-state index in [-0.39, 0.29) is 6.42 Å². The highest BCUT2D eigenvalue weighted by atomic mass is 16.4. The van der Waals surface area contributed by atoms with Crippen LogP contribution in [0, 0.1) is 0 Å². The number of hydrogen-bond donors (Lipinski definition) is 2. The Morgan fingerprint density at radius 3 is 1.34 bits per heavy atom. The van der Waals surface area contributed by atoms with Gasteiger partial charge in [0, 0.05) is 12.5 Å². The molecular weight excluding hydrogens is 544 g/mol. The predicted octanol–water partition coefficient (Wildman–Crippen LogP) is 12.2. The van der Waals surface area contributed by atoms with Crippen molar-refractivity contribution in [3.63, 3.8) is 0 Å². The lowest BCUT2D eigenvalue weighted by molar-refractivity contribution is -0.137. The second-order valence-electron chi connectivity index (χ2n) is 10.5. The Kier molecular flexibility index (Phi) is 38.5. The number of hydrogen-bond acceptors (Lipinski definition) is 2. The van der Waals surface area contributed by atoms with Crippen molar-refractivity contribution in [2.24, 2.45) is 0 Å². The molecule has 0 bridgehead atoms. The Labute approximate surface area is 270 Å². The summed E-state index contributed by atoms with van der Waals surface area (Å²) in [6.45, 7) is 4.40. The molecule has 0 spiro atoms. The van der Waals surface area contributed by atoms with Crippen LogP contribution >= 0.6 is 0 Å². The molecule has 0 fully saturated rings. The highest BCUT2D eigenvalue weighted by Gasteiger charge is 1.91. The van der Waals surface area contributed by atoms with Crippen molar-refractivity contribution in [1.29, 1.82) is 0 Å². The second kappa shape index (κ2) is 39.6. The van der Waals surface area contributed by atoms with E-state index in [0.29, 0.717) is 6.42 Å². The summed E-state index contributed by atoms with van der Waals surface area (Å²) in [5, 5.41) is 16.9. The highest BCUT2D eigenvalue weighted by Crippen LogP contribution is 2.10. The molecule has 4 heteroatoms. The van der Waals surface area contributed by atoms with Gasteiger partial charge in [0.25, 0.3) is 0 Å². The van der Waals surface area contributed by atoms with Crippen LogP contribution in [0.2, 0.25) is 0 Å². The molecule has 0 atom stereocenters. The standard InChI is InChI=1S/C22H32O2.C18H30O2/c1-2-3-4-5-6-7-8-9-10-11-12-13-14-15-16-17-18-19-20-21-22(23)24;1-2-3-4-5-6-7-8-9-10-11-12-13-14-15-16-17-18(19)20/h3-4,6-7,9-10,12-13,15-16,18-19H,2,5,8,11,14,17,20-21H2,1H3,(H,23,24);12-17H,2-11H2,1H3,(H,19,20)/b4-3-,7-6-,10-9-,13-12-,16-15-,19-18-;13-12+,15-14+,17-16+. The highest BCUT2D eigenvalue weighted by molar-refractivity contribution is 5.80. The van der Waals surface area contributed by atoms with Crippen LogP contribution in [0.25, 0.3) is 0 Å². The van der Waals surface area contributed by atoms with Crippen molar-refractivity contribution in [2.45, 2.75) is 129 Å². The van der Waals surface area contributed by atoms with E-state index in [0.717, 1.165) is 51.0 Å². The first-order valence-electron chi connectivity index (χ1n) is 16.9. The monoisotopic (exact) mass is 606 g/mol. The van der Waals surface area contributed by atoms with E-state index < -0.39 is 11.9 Å². The molecule has 2 N–H and O–H groups in total. The smallest absolute Gasteiger partial charge is 0.328 e. The third kappa shape index (κ3) is 45.6. The number of unbranched alkanes of at least 4 members (excludes halogenated alkanes) is 9. The molecule has 0 aliphatic heterocycles. The Hall–Kier alpha value is -3.40. The molecule has 246 valence electrons. The van der Waals surface area contributed by atoms with Gasteiger partial charge in [0.05, 0.1) is 0 Å². The third-order valence-electron chi connectivity index (χ3n) is 6.30. The maximum atomic E-state index is 10.3. The summed E-state index contributed by atoms with van der Waals surface area (Å²) in [5.41, 5.74) is 0. The number of carboxylic acid groups (broad SMARTS) is 2. The van der Waals surface area contributed by atoms with E-state index in [1.807, 2.05) is 24.3 Å². The fourth-order valence-electron chi connectivity index (χ4n) is 3.86. The number of carbonyl (C=O) groups is 2. The van der Waals surface area contributed by atoms with Crippen LogP contribution in [-0.4, -0.2) is 22.2 Å². The van der Waals surface area contributed by atoms with Gasteiger partial charge in [0.15, 0.2) is 0 Å². The van der Waals surface area contributed by atoms with Crippen molar-refractivity contribution >= 4 is 11.9 Å². The summed E-state index contributed by atoms with van der Waals surface area (Å²) < 4.78 is 0. The van der Waals surface area contributed by atoms with Crippen molar-refractivity contribution in [1.82, 2.24) is 0 Å². The fourth-order valence-corrected chi connectivity index (χ4v) is 3.86. The summed E-state index contributed by atoms with van der Waals surface area (Å²) in [5.74, 6) is -1.65. The van der Waals surface area contributed by atoms with Gasteiger partial charge >= 0.3 is 11.9 Å². The van der Waals surface area contributed by atoms with E-state index in [1.165, 1.54) is 63.9 Å². The first-order valence-corrected chi connectivity index (χ1v) is 16.9. The van der Waals surface area contributed by atoms with Gasteiger partial charge in [0.2, 0.25) is 0 Å². The quantitative estimate of drug-likeness (QED) is 0.0422. The van der Waals surface area contributed by atoms with Crippen LogP contribution in [0.5, 0.6) is 0 Å². The topological polar surface area (TPSA) is 74.6 Å². The predicted molar refractivity (Wildman–Crippen MR) is 192 cm³/mol. The normalized spacial score (nSPS) is 12.6. The van der Waals surface area contributed by atoms with Crippen LogP contribution < -0.4 is 0 Å². The number of rotatable bonds is 27. The van der Waals surface area contributed by atoms with Crippen molar-refractivity contribution in [2.75, 3.05) is 0 Å². The van der Waals surface area contributed by atoms with Crippen LogP contribution in [0.15, 0.2) is 109 Å². The molecule has 0 heterocycles. The maximum absolute atomic E-state index is 10.3. The van der Waals surface area contributed by atoms with Gasteiger partial charge in [-0.25, -0.2) is 4.79 Å². The molecule has 0 saturated heterocycles. The molecular formula is C40H62O4. The molecule has 0 radical (unpaired) electrons. The van der Waals surface area contributed by atoms with Crippen molar-refractivity contribution < 1.29 is 19.8 Å². The van der Waals surface area contributed by atoms with E-state index in [4.69, 9.17) is 10.2 Å². The Bertz CT molecular complexity index is 910. The zero-order valence-corrected chi connectivity index (χ0v) is 27.8. The van der Waals surface area contributed by atoms with E-state index >= 15 is 0 Å². The largest absolute Gasteiger partial charge is 0.481 e. The molecule has 0 aromatic heterocycles. The van der Waals surface area contributed by atoms with Gasteiger partial charge < -0.3 is 10.2 Å².